The molecular formula is C14H14S. The van der Waals surface area contributed by atoms with Crippen molar-refractivity contribution in [2.75, 3.05) is 0 Å². The van der Waals surface area contributed by atoms with Gasteiger partial charge in [-0.3, -0.25) is 0 Å². The Morgan fingerprint density at radius 1 is 0.800 bits per heavy atom. The standard InChI is InChI=1S/C14H14S/c1-2-11-4-5-13-9-14(15-10-13)7-6-12(3-1)8-11/h1-3,8-10H,4-7H2. The zero-order valence-corrected chi connectivity index (χ0v) is 9.52. The summed E-state index contributed by atoms with van der Waals surface area (Å²) in [6.07, 6.45) is 4.77. The van der Waals surface area contributed by atoms with Crippen LogP contribution in [0.4, 0.5) is 0 Å². The van der Waals surface area contributed by atoms with Gasteiger partial charge in [0, 0.05) is 4.88 Å². The minimum Gasteiger partial charge on any atom is -0.149 e. The highest BCUT2D eigenvalue weighted by Gasteiger charge is 2.05. The number of hydrogen-bond acceptors (Lipinski definition) is 1. The van der Waals surface area contributed by atoms with E-state index in [9.17, 15) is 0 Å². The highest BCUT2D eigenvalue weighted by atomic mass is 32.1. The van der Waals surface area contributed by atoms with Crippen LogP contribution in [0, 0.1) is 0 Å². The van der Waals surface area contributed by atoms with E-state index in [-0.39, 0.29) is 0 Å². The molecule has 0 amide bonds. The molecule has 1 aromatic heterocycles. The fourth-order valence-corrected chi connectivity index (χ4v) is 3.11. The molecular weight excluding hydrogens is 200 g/mol. The fourth-order valence-electron chi connectivity index (χ4n) is 2.19. The summed E-state index contributed by atoms with van der Waals surface area (Å²) in [6.45, 7) is 0. The maximum absolute atomic E-state index is 2.39. The van der Waals surface area contributed by atoms with E-state index in [4.69, 9.17) is 0 Å². The molecule has 1 aliphatic rings. The summed E-state index contributed by atoms with van der Waals surface area (Å²) in [4.78, 5) is 1.54. The van der Waals surface area contributed by atoms with Crippen molar-refractivity contribution < 1.29 is 0 Å². The number of hydrogen-bond donors (Lipinski definition) is 0. The second-order valence-corrected chi connectivity index (χ2v) is 5.24. The largest absolute Gasteiger partial charge is 0.149 e. The lowest BCUT2D eigenvalue weighted by Crippen LogP contribution is -1.95. The molecule has 4 bridgehead atoms. The molecule has 15 heavy (non-hydrogen) atoms. The van der Waals surface area contributed by atoms with E-state index in [2.05, 4.69) is 35.7 Å². The zero-order chi connectivity index (χ0) is 10.1. The van der Waals surface area contributed by atoms with Gasteiger partial charge in [-0.1, -0.05) is 24.3 Å². The molecule has 0 spiro atoms. The van der Waals surface area contributed by atoms with Crippen molar-refractivity contribution in [2.24, 2.45) is 0 Å². The van der Waals surface area contributed by atoms with E-state index in [1.165, 1.54) is 47.3 Å². The van der Waals surface area contributed by atoms with Crippen LogP contribution in [0.25, 0.3) is 0 Å². The van der Waals surface area contributed by atoms with Crippen molar-refractivity contribution >= 4 is 11.3 Å². The molecule has 0 fully saturated rings. The van der Waals surface area contributed by atoms with Crippen LogP contribution in [-0.4, -0.2) is 0 Å². The molecule has 1 aliphatic carbocycles. The van der Waals surface area contributed by atoms with Crippen molar-refractivity contribution in [2.45, 2.75) is 25.7 Å². The van der Waals surface area contributed by atoms with E-state index in [1.807, 2.05) is 11.3 Å². The molecule has 0 atom stereocenters. The average molecular weight is 214 g/mol. The Morgan fingerprint density at radius 3 is 2.40 bits per heavy atom. The second-order valence-electron chi connectivity index (χ2n) is 4.24. The maximum Gasteiger partial charge on any atom is 0.00513 e. The van der Waals surface area contributed by atoms with Gasteiger partial charge in [-0.2, -0.15) is 0 Å². The van der Waals surface area contributed by atoms with Gasteiger partial charge in [0.25, 0.3) is 0 Å². The Balaban J connectivity index is 1.97. The molecule has 2 aromatic rings. The fraction of sp³-hybridized carbons (Fsp3) is 0.286. The molecule has 1 aromatic carbocycles. The second kappa shape index (κ2) is 3.82. The van der Waals surface area contributed by atoms with Crippen LogP contribution < -0.4 is 0 Å². The summed E-state index contributed by atoms with van der Waals surface area (Å²) in [5, 5.41) is 2.32. The SMILES string of the molecule is c1cc2cc(c1)CCc1cc(cs1)CC2. The number of thiophene rings is 1. The van der Waals surface area contributed by atoms with Gasteiger partial charge < -0.3 is 0 Å². The smallest absolute Gasteiger partial charge is 0.00513 e. The van der Waals surface area contributed by atoms with Gasteiger partial charge in [0.05, 0.1) is 0 Å². The van der Waals surface area contributed by atoms with Crippen LogP contribution in [0.5, 0.6) is 0 Å². The quantitative estimate of drug-likeness (QED) is 0.628. The Bertz CT molecular complexity index is 430. The van der Waals surface area contributed by atoms with Crippen LogP contribution in [0.1, 0.15) is 21.6 Å². The van der Waals surface area contributed by atoms with Gasteiger partial charge in [-0.05, 0) is 53.8 Å². The first-order valence-electron chi connectivity index (χ1n) is 5.54. The summed E-state index contributed by atoms with van der Waals surface area (Å²) < 4.78 is 0. The lowest BCUT2D eigenvalue weighted by molar-refractivity contribution is 0.923. The Labute approximate surface area is 94.6 Å². The number of rotatable bonds is 0. The molecule has 0 saturated carbocycles. The topological polar surface area (TPSA) is 0 Å². The highest BCUT2D eigenvalue weighted by Crippen LogP contribution is 2.21. The molecule has 76 valence electrons. The maximum atomic E-state index is 2.39. The molecule has 0 N–H and O–H groups in total. The van der Waals surface area contributed by atoms with E-state index in [1.54, 1.807) is 0 Å². The van der Waals surface area contributed by atoms with E-state index in [0.717, 1.165) is 0 Å². The van der Waals surface area contributed by atoms with Crippen LogP contribution in [-0.2, 0) is 25.7 Å². The third-order valence-corrected chi connectivity index (χ3v) is 4.11. The van der Waals surface area contributed by atoms with Gasteiger partial charge >= 0.3 is 0 Å². The first kappa shape index (κ1) is 9.17. The molecule has 1 heteroatoms. The zero-order valence-electron chi connectivity index (χ0n) is 8.70. The van der Waals surface area contributed by atoms with Crippen molar-refractivity contribution in [3.05, 3.63) is 57.3 Å². The molecule has 0 nitrogen and oxygen atoms in total. The molecule has 0 saturated heterocycles. The van der Waals surface area contributed by atoms with Crippen molar-refractivity contribution in [1.82, 2.24) is 0 Å². The van der Waals surface area contributed by atoms with Crippen LogP contribution >= 0.6 is 11.3 Å². The summed E-state index contributed by atoms with van der Waals surface area (Å²) in [5.41, 5.74) is 4.49. The minimum absolute atomic E-state index is 1.18. The molecule has 1 heterocycles. The lowest BCUT2D eigenvalue weighted by Gasteiger charge is -2.06. The normalized spacial score (nSPS) is 14.9. The van der Waals surface area contributed by atoms with Gasteiger partial charge in [0.1, 0.15) is 0 Å². The first-order valence-corrected chi connectivity index (χ1v) is 6.42. The number of fused-ring (bicyclic) bond motifs is 4. The molecule has 0 radical (unpaired) electrons. The third kappa shape index (κ3) is 1.98. The summed E-state index contributed by atoms with van der Waals surface area (Å²) in [5.74, 6) is 0. The van der Waals surface area contributed by atoms with Crippen LogP contribution in [0.15, 0.2) is 35.7 Å². The van der Waals surface area contributed by atoms with Gasteiger partial charge in [-0.15, -0.1) is 11.3 Å². The van der Waals surface area contributed by atoms with E-state index < -0.39 is 0 Å². The molecule has 0 unspecified atom stereocenters. The van der Waals surface area contributed by atoms with Gasteiger partial charge in [0.2, 0.25) is 0 Å². The van der Waals surface area contributed by atoms with Crippen molar-refractivity contribution in [1.29, 1.82) is 0 Å². The van der Waals surface area contributed by atoms with Crippen molar-refractivity contribution in [3.8, 4) is 0 Å². The van der Waals surface area contributed by atoms with Crippen molar-refractivity contribution in [3.63, 3.8) is 0 Å². The summed E-state index contributed by atoms with van der Waals surface area (Å²) in [6, 6.07) is 11.5. The van der Waals surface area contributed by atoms with E-state index in [0.29, 0.717) is 0 Å². The molecule has 0 aliphatic heterocycles. The number of benzene rings is 1. The average Bonchev–Trinajstić information content (AvgIpc) is 2.71. The predicted molar refractivity (Wildman–Crippen MR) is 65.6 cm³/mol. The predicted octanol–water partition coefficient (Wildman–Crippen LogP) is 3.63. The highest BCUT2D eigenvalue weighted by molar-refractivity contribution is 7.10. The summed E-state index contributed by atoms with van der Waals surface area (Å²) >= 11 is 1.92. The van der Waals surface area contributed by atoms with Gasteiger partial charge in [0.15, 0.2) is 0 Å². The van der Waals surface area contributed by atoms with Crippen LogP contribution in [0.2, 0.25) is 0 Å². The number of aryl methyl sites for hydroxylation is 4. The third-order valence-electron chi connectivity index (χ3n) is 3.06. The minimum atomic E-state index is 1.18. The first-order chi connectivity index (χ1) is 7.40. The summed E-state index contributed by atoms with van der Waals surface area (Å²) in [7, 11) is 0. The van der Waals surface area contributed by atoms with Crippen LogP contribution in [0.3, 0.4) is 0 Å². The monoisotopic (exact) mass is 214 g/mol. The van der Waals surface area contributed by atoms with Gasteiger partial charge in [-0.25, -0.2) is 0 Å². The van der Waals surface area contributed by atoms with E-state index >= 15 is 0 Å². The molecule has 3 rings (SSSR count). The Kier molecular flexibility index (Phi) is 2.34. The Morgan fingerprint density at radius 2 is 1.53 bits per heavy atom. The lowest BCUT2D eigenvalue weighted by atomic mass is 9.99. The Hall–Kier alpha value is -1.08.